The van der Waals surface area contributed by atoms with E-state index in [-0.39, 0.29) is 5.75 Å². The first kappa shape index (κ1) is 19.6. The van der Waals surface area contributed by atoms with Crippen LogP contribution in [0.4, 0.5) is 8.78 Å². The SMILES string of the molecule is CCOc1cc(CNC2CCN(Cc3ccccc3)C2)ccc1OC(F)F. The first-order valence-electron chi connectivity index (χ1n) is 9.34. The van der Waals surface area contributed by atoms with Crippen LogP contribution in [0.15, 0.2) is 48.5 Å². The van der Waals surface area contributed by atoms with Gasteiger partial charge in [-0.05, 0) is 36.6 Å². The Bertz CT molecular complexity index is 713. The molecule has 146 valence electrons. The third kappa shape index (κ3) is 5.91. The van der Waals surface area contributed by atoms with Crippen molar-refractivity contribution >= 4 is 0 Å². The fourth-order valence-corrected chi connectivity index (χ4v) is 3.37. The van der Waals surface area contributed by atoms with E-state index in [1.807, 2.05) is 13.0 Å². The van der Waals surface area contributed by atoms with Crippen molar-refractivity contribution < 1.29 is 18.3 Å². The van der Waals surface area contributed by atoms with Gasteiger partial charge in [-0.25, -0.2) is 0 Å². The first-order chi connectivity index (χ1) is 13.1. The third-order valence-corrected chi connectivity index (χ3v) is 4.64. The van der Waals surface area contributed by atoms with Crippen molar-refractivity contribution in [2.75, 3.05) is 19.7 Å². The molecule has 0 aromatic heterocycles. The molecule has 1 N–H and O–H groups in total. The molecule has 0 spiro atoms. The van der Waals surface area contributed by atoms with Gasteiger partial charge in [-0.1, -0.05) is 36.4 Å². The number of benzene rings is 2. The number of likely N-dealkylation sites (tertiary alicyclic amines) is 1. The van der Waals surface area contributed by atoms with Gasteiger partial charge in [0.05, 0.1) is 6.61 Å². The van der Waals surface area contributed by atoms with E-state index in [1.54, 1.807) is 18.2 Å². The number of halogens is 2. The molecule has 1 heterocycles. The third-order valence-electron chi connectivity index (χ3n) is 4.64. The molecule has 3 rings (SSSR count). The molecule has 0 aliphatic carbocycles. The van der Waals surface area contributed by atoms with E-state index in [1.165, 1.54) is 5.56 Å². The smallest absolute Gasteiger partial charge is 0.387 e. The maximum atomic E-state index is 12.5. The highest BCUT2D eigenvalue weighted by Gasteiger charge is 2.22. The summed E-state index contributed by atoms with van der Waals surface area (Å²) in [4.78, 5) is 2.44. The molecule has 2 aromatic rings. The van der Waals surface area contributed by atoms with E-state index in [0.29, 0.717) is 24.9 Å². The predicted molar refractivity (Wildman–Crippen MR) is 101 cm³/mol. The van der Waals surface area contributed by atoms with Gasteiger partial charge < -0.3 is 14.8 Å². The van der Waals surface area contributed by atoms with Crippen LogP contribution >= 0.6 is 0 Å². The molecule has 2 aromatic carbocycles. The van der Waals surface area contributed by atoms with E-state index in [2.05, 4.69) is 39.2 Å². The van der Waals surface area contributed by atoms with Crippen molar-refractivity contribution in [3.05, 3.63) is 59.7 Å². The molecule has 1 aliphatic heterocycles. The molecular weight excluding hydrogens is 350 g/mol. The summed E-state index contributed by atoms with van der Waals surface area (Å²) in [5.41, 5.74) is 2.32. The van der Waals surface area contributed by atoms with E-state index >= 15 is 0 Å². The lowest BCUT2D eigenvalue weighted by molar-refractivity contribution is -0.0514. The molecule has 1 unspecified atom stereocenters. The van der Waals surface area contributed by atoms with Crippen molar-refractivity contribution in [1.29, 1.82) is 0 Å². The highest BCUT2D eigenvalue weighted by molar-refractivity contribution is 5.43. The Labute approximate surface area is 159 Å². The maximum Gasteiger partial charge on any atom is 0.387 e. The maximum absolute atomic E-state index is 12.5. The Morgan fingerprint density at radius 2 is 1.93 bits per heavy atom. The summed E-state index contributed by atoms with van der Waals surface area (Å²) in [6, 6.07) is 16.0. The molecule has 0 bridgehead atoms. The number of ether oxygens (including phenoxy) is 2. The monoisotopic (exact) mass is 376 g/mol. The summed E-state index contributed by atoms with van der Waals surface area (Å²) in [6.07, 6.45) is 1.09. The Morgan fingerprint density at radius 1 is 1.11 bits per heavy atom. The predicted octanol–water partition coefficient (Wildman–Crippen LogP) is 4.05. The van der Waals surface area contributed by atoms with Crippen LogP contribution < -0.4 is 14.8 Å². The molecule has 1 atom stereocenters. The molecule has 27 heavy (non-hydrogen) atoms. The van der Waals surface area contributed by atoms with E-state index in [0.717, 1.165) is 31.6 Å². The van der Waals surface area contributed by atoms with Crippen LogP contribution in [0, 0.1) is 0 Å². The molecule has 0 saturated carbocycles. The number of hydrogen-bond acceptors (Lipinski definition) is 4. The second-order valence-electron chi connectivity index (χ2n) is 6.68. The lowest BCUT2D eigenvalue weighted by Gasteiger charge is -2.17. The molecule has 0 amide bonds. The topological polar surface area (TPSA) is 33.7 Å². The largest absolute Gasteiger partial charge is 0.490 e. The van der Waals surface area contributed by atoms with Gasteiger partial charge in [0.1, 0.15) is 0 Å². The minimum atomic E-state index is -2.86. The first-order valence-corrected chi connectivity index (χ1v) is 9.34. The normalized spacial score (nSPS) is 17.4. The van der Waals surface area contributed by atoms with Crippen LogP contribution in [-0.2, 0) is 13.1 Å². The molecule has 1 aliphatic rings. The van der Waals surface area contributed by atoms with Gasteiger partial charge in [0.15, 0.2) is 11.5 Å². The van der Waals surface area contributed by atoms with Crippen molar-refractivity contribution in [2.24, 2.45) is 0 Å². The summed E-state index contributed by atoms with van der Waals surface area (Å²) in [5.74, 6) is 0.430. The zero-order valence-corrected chi connectivity index (χ0v) is 15.5. The second-order valence-corrected chi connectivity index (χ2v) is 6.68. The van der Waals surface area contributed by atoms with Crippen LogP contribution in [0.1, 0.15) is 24.5 Å². The van der Waals surface area contributed by atoms with Crippen LogP contribution in [0.25, 0.3) is 0 Å². The van der Waals surface area contributed by atoms with E-state index in [4.69, 9.17) is 4.74 Å². The Morgan fingerprint density at radius 3 is 2.67 bits per heavy atom. The zero-order chi connectivity index (χ0) is 19.1. The van der Waals surface area contributed by atoms with Crippen molar-refractivity contribution in [3.8, 4) is 11.5 Å². The average Bonchev–Trinajstić information content (AvgIpc) is 3.10. The van der Waals surface area contributed by atoms with E-state index < -0.39 is 6.61 Å². The van der Waals surface area contributed by atoms with Crippen LogP contribution in [0.2, 0.25) is 0 Å². The Kier molecular flexibility index (Phi) is 7.01. The van der Waals surface area contributed by atoms with Gasteiger partial charge in [0, 0.05) is 32.2 Å². The van der Waals surface area contributed by atoms with Crippen molar-refractivity contribution in [3.63, 3.8) is 0 Å². The van der Waals surface area contributed by atoms with Crippen molar-refractivity contribution in [2.45, 2.75) is 39.1 Å². The number of nitrogens with one attached hydrogen (secondary N) is 1. The highest BCUT2D eigenvalue weighted by atomic mass is 19.3. The minimum absolute atomic E-state index is 0.0745. The summed E-state index contributed by atoms with van der Waals surface area (Å²) in [6.45, 7) is 3.05. The molecule has 0 radical (unpaired) electrons. The number of alkyl halides is 2. The molecule has 4 nitrogen and oxygen atoms in total. The van der Waals surface area contributed by atoms with Crippen molar-refractivity contribution in [1.82, 2.24) is 10.2 Å². The van der Waals surface area contributed by atoms with Gasteiger partial charge in [0.25, 0.3) is 0 Å². The molecule has 6 heteroatoms. The van der Waals surface area contributed by atoms with Gasteiger partial charge in [-0.3, -0.25) is 4.90 Å². The molecule has 1 saturated heterocycles. The zero-order valence-electron chi connectivity index (χ0n) is 15.5. The second kappa shape index (κ2) is 9.67. The number of nitrogens with zero attached hydrogens (tertiary/aromatic N) is 1. The fraction of sp³-hybridized carbons (Fsp3) is 0.429. The quantitative estimate of drug-likeness (QED) is 0.716. The highest BCUT2D eigenvalue weighted by Crippen LogP contribution is 2.30. The van der Waals surface area contributed by atoms with Crippen LogP contribution in [0.3, 0.4) is 0 Å². The standard InChI is InChI=1S/C21H26F2N2O2/c1-2-26-20-12-17(8-9-19(20)27-21(22)23)13-24-18-10-11-25(15-18)14-16-6-4-3-5-7-16/h3-9,12,18,21,24H,2,10-11,13-15H2,1H3. The number of rotatable bonds is 9. The summed E-state index contributed by atoms with van der Waals surface area (Å²) in [7, 11) is 0. The van der Waals surface area contributed by atoms with Gasteiger partial charge in [-0.2, -0.15) is 8.78 Å². The van der Waals surface area contributed by atoms with E-state index in [9.17, 15) is 8.78 Å². The molecule has 1 fully saturated rings. The summed E-state index contributed by atoms with van der Waals surface area (Å²) < 4.78 is 34.9. The van der Waals surface area contributed by atoms with Crippen LogP contribution in [-0.4, -0.2) is 37.2 Å². The summed E-state index contributed by atoms with van der Waals surface area (Å²) >= 11 is 0. The number of hydrogen-bond donors (Lipinski definition) is 1. The Balaban J connectivity index is 1.51. The average molecular weight is 376 g/mol. The van der Waals surface area contributed by atoms with Gasteiger partial charge >= 0.3 is 6.61 Å². The minimum Gasteiger partial charge on any atom is -0.490 e. The Hall–Kier alpha value is -2.18. The lowest BCUT2D eigenvalue weighted by atomic mass is 10.1. The summed E-state index contributed by atoms with van der Waals surface area (Å²) in [5, 5.41) is 3.56. The molecular formula is C21H26F2N2O2. The fourth-order valence-electron chi connectivity index (χ4n) is 3.37. The van der Waals surface area contributed by atoms with Crippen LogP contribution in [0.5, 0.6) is 11.5 Å². The lowest BCUT2D eigenvalue weighted by Crippen LogP contribution is -2.31. The van der Waals surface area contributed by atoms with Gasteiger partial charge in [-0.15, -0.1) is 0 Å². The van der Waals surface area contributed by atoms with Gasteiger partial charge in [0.2, 0.25) is 0 Å².